The first-order chi connectivity index (χ1) is 10.1. The van der Waals surface area contributed by atoms with Gasteiger partial charge in [0.2, 0.25) is 0 Å². The second kappa shape index (κ2) is 5.74. The lowest BCUT2D eigenvalue weighted by Crippen LogP contribution is -2.32. The molecule has 2 aromatic heterocycles. The second-order valence-corrected chi connectivity index (χ2v) is 5.19. The molecule has 9 nitrogen and oxygen atoms in total. The van der Waals surface area contributed by atoms with Crippen molar-refractivity contribution in [3.63, 3.8) is 0 Å². The summed E-state index contributed by atoms with van der Waals surface area (Å²) in [6.45, 7) is -0.543. The Balaban J connectivity index is 1.94. The Morgan fingerprint density at radius 3 is 3.05 bits per heavy atom. The van der Waals surface area contributed by atoms with E-state index in [1.54, 1.807) is 0 Å². The molecule has 0 radical (unpaired) electrons. The quantitative estimate of drug-likeness (QED) is 0.745. The largest absolute Gasteiger partial charge is 0.394 e. The van der Waals surface area contributed by atoms with E-state index < -0.39 is 39.5 Å². The van der Waals surface area contributed by atoms with E-state index in [0.29, 0.717) is 11.2 Å². The van der Waals surface area contributed by atoms with Crippen LogP contribution in [0.1, 0.15) is 6.23 Å². The van der Waals surface area contributed by atoms with Crippen LogP contribution in [-0.2, 0) is 13.8 Å². The van der Waals surface area contributed by atoms with Gasteiger partial charge in [-0.15, -0.1) is 0 Å². The molecule has 11 heteroatoms. The number of alkyl halides is 1. The maximum atomic E-state index is 14.5. The van der Waals surface area contributed by atoms with Crippen LogP contribution in [0.4, 0.5) is 4.39 Å². The molecule has 1 fully saturated rings. The number of hydrogen-bond acceptors (Lipinski definition) is 7. The van der Waals surface area contributed by atoms with Crippen LogP contribution in [0, 0.1) is 0 Å². The zero-order valence-corrected chi connectivity index (χ0v) is 11.5. The number of imidazole rings is 1. The molecule has 1 aliphatic heterocycles. The third kappa shape index (κ3) is 2.56. The Morgan fingerprint density at radius 1 is 1.52 bits per heavy atom. The van der Waals surface area contributed by atoms with E-state index in [1.165, 1.54) is 23.4 Å². The molecular weight excluding hydrogens is 306 g/mol. The molecule has 2 N–H and O–H groups in total. The van der Waals surface area contributed by atoms with Crippen LogP contribution < -0.4 is 0 Å². The summed E-state index contributed by atoms with van der Waals surface area (Å²) in [6, 6.07) is 0. The SMILES string of the molecule is O=[PH](O)O[C@H]1[C@@H](F)[C@H](n2cnc3cncnc32)O[C@@H]1CO. The second-order valence-electron chi connectivity index (χ2n) is 4.42. The van der Waals surface area contributed by atoms with Crippen molar-refractivity contribution in [3.05, 3.63) is 18.9 Å². The van der Waals surface area contributed by atoms with Crippen LogP contribution in [0.3, 0.4) is 0 Å². The van der Waals surface area contributed by atoms with Crippen LogP contribution in [-0.4, -0.2) is 54.5 Å². The standard InChI is InChI=1S/C10H12FN4O5P/c11-7-8(20-21(17)18)6(2-16)19-10(7)15-4-14-5-1-12-3-13-9(5)15/h1,3-4,6-8,10,16,21H,2H2,(H,17,18)/t6-,7-,8-,10-/m1/s1. The lowest BCUT2D eigenvalue weighted by atomic mass is 10.1. The molecule has 2 aromatic rings. The Hall–Kier alpha value is -1.45. The fraction of sp³-hybridized carbons (Fsp3) is 0.500. The van der Waals surface area contributed by atoms with Crippen molar-refractivity contribution >= 4 is 19.4 Å². The van der Waals surface area contributed by atoms with Gasteiger partial charge in [-0.05, 0) is 0 Å². The Bertz CT molecular complexity index is 670. The van der Waals surface area contributed by atoms with Gasteiger partial charge in [0.1, 0.15) is 24.1 Å². The molecule has 114 valence electrons. The Labute approximate surface area is 118 Å². The van der Waals surface area contributed by atoms with Gasteiger partial charge in [-0.3, -0.25) is 9.13 Å². The van der Waals surface area contributed by atoms with Gasteiger partial charge >= 0.3 is 8.25 Å². The zero-order valence-electron chi connectivity index (χ0n) is 10.5. The number of nitrogens with zero attached hydrogens (tertiary/aromatic N) is 4. The highest BCUT2D eigenvalue weighted by molar-refractivity contribution is 7.32. The number of aliphatic hydroxyl groups excluding tert-OH is 1. The number of halogens is 1. The van der Waals surface area contributed by atoms with Crippen molar-refractivity contribution in [1.82, 2.24) is 19.5 Å². The monoisotopic (exact) mass is 318 g/mol. The topological polar surface area (TPSA) is 120 Å². The summed E-state index contributed by atoms with van der Waals surface area (Å²) < 4.78 is 36.6. The molecular formula is C10H12FN4O5P. The van der Waals surface area contributed by atoms with Crippen LogP contribution in [0.25, 0.3) is 11.2 Å². The minimum absolute atomic E-state index is 0.353. The first-order valence-corrected chi connectivity index (χ1v) is 7.30. The highest BCUT2D eigenvalue weighted by Gasteiger charge is 2.48. The van der Waals surface area contributed by atoms with Gasteiger partial charge in [-0.1, -0.05) is 0 Å². The zero-order chi connectivity index (χ0) is 15.0. The van der Waals surface area contributed by atoms with E-state index in [1.807, 2.05) is 0 Å². The van der Waals surface area contributed by atoms with Crippen LogP contribution in [0.2, 0.25) is 0 Å². The molecule has 0 bridgehead atoms. The van der Waals surface area contributed by atoms with Crippen molar-refractivity contribution in [3.8, 4) is 0 Å². The minimum atomic E-state index is -3.36. The molecule has 3 rings (SSSR count). The summed E-state index contributed by atoms with van der Waals surface area (Å²) in [6.07, 6.45) is -1.22. The van der Waals surface area contributed by atoms with E-state index in [4.69, 9.17) is 9.63 Å². The predicted molar refractivity (Wildman–Crippen MR) is 67.3 cm³/mol. The molecule has 1 aliphatic rings. The van der Waals surface area contributed by atoms with Gasteiger partial charge in [0.05, 0.1) is 19.1 Å². The fourth-order valence-corrected chi connectivity index (χ4v) is 2.81. The maximum Gasteiger partial charge on any atom is 0.317 e. The van der Waals surface area contributed by atoms with Crippen molar-refractivity contribution in [1.29, 1.82) is 0 Å². The first-order valence-electron chi connectivity index (χ1n) is 6.04. The molecule has 0 spiro atoms. The first kappa shape index (κ1) is 14.5. The summed E-state index contributed by atoms with van der Waals surface area (Å²) in [5.41, 5.74) is 0.806. The van der Waals surface area contributed by atoms with Crippen molar-refractivity contribution in [2.24, 2.45) is 0 Å². The molecule has 21 heavy (non-hydrogen) atoms. The van der Waals surface area contributed by atoms with E-state index in [2.05, 4.69) is 19.5 Å². The molecule has 3 heterocycles. The molecule has 0 aromatic carbocycles. The normalized spacial score (nSPS) is 30.8. The average molecular weight is 318 g/mol. The van der Waals surface area contributed by atoms with Gasteiger partial charge in [-0.2, -0.15) is 0 Å². The lowest BCUT2D eigenvalue weighted by Gasteiger charge is -2.16. The Morgan fingerprint density at radius 2 is 2.33 bits per heavy atom. The minimum Gasteiger partial charge on any atom is -0.394 e. The number of rotatable bonds is 4. The summed E-state index contributed by atoms with van der Waals surface area (Å²) >= 11 is 0. The van der Waals surface area contributed by atoms with Crippen LogP contribution >= 0.6 is 8.25 Å². The summed E-state index contributed by atoms with van der Waals surface area (Å²) in [7, 11) is -3.36. The molecule has 0 aliphatic carbocycles. The van der Waals surface area contributed by atoms with Gasteiger partial charge in [0.25, 0.3) is 0 Å². The molecule has 0 amide bonds. The van der Waals surface area contributed by atoms with Crippen LogP contribution in [0.5, 0.6) is 0 Å². The maximum absolute atomic E-state index is 14.5. The smallest absolute Gasteiger partial charge is 0.317 e. The number of ether oxygens (including phenoxy) is 1. The summed E-state index contributed by atoms with van der Waals surface area (Å²) in [5.74, 6) is 0. The number of hydrogen-bond donors (Lipinski definition) is 2. The van der Waals surface area contributed by atoms with Crippen molar-refractivity contribution in [2.45, 2.75) is 24.6 Å². The summed E-state index contributed by atoms with van der Waals surface area (Å²) in [5, 5.41) is 9.20. The number of fused-ring (bicyclic) bond motifs is 1. The number of aliphatic hydroxyl groups is 1. The van der Waals surface area contributed by atoms with Gasteiger partial charge in [-0.25, -0.2) is 19.3 Å². The Kier molecular flexibility index (Phi) is 3.96. The molecule has 1 unspecified atom stereocenters. The summed E-state index contributed by atoms with van der Waals surface area (Å²) in [4.78, 5) is 20.6. The van der Waals surface area contributed by atoms with E-state index in [-0.39, 0.29) is 0 Å². The van der Waals surface area contributed by atoms with Crippen LogP contribution in [0.15, 0.2) is 18.9 Å². The molecule has 1 saturated heterocycles. The fourth-order valence-electron chi connectivity index (χ4n) is 2.29. The average Bonchev–Trinajstić information content (AvgIpc) is 3.01. The lowest BCUT2D eigenvalue weighted by molar-refractivity contribution is -0.0436. The van der Waals surface area contributed by atoms with Gasteiger partial charge in [0.15, 0.2) is 18.0 Å². The van der Waals surface area contributed by atoms with E-state index in [9.17, 15) is 14.1 Å². The van der Waals surface area contributed by atoms with Crippen molar-refractivity contribution < 1.29 is 28.2 Å². The highest BCUT2D eigenvalue weighted by Crippen LogP contribution is 2.38. The third-order valence-corrected chi connectivity index (χ3v) is 3.67. The molecule has 0 saturated carbocycles. The highest BCUT2D eigenvalue weighted by atomic mass is 31.1. The van der Waals surface area contributed by atoms with Crippen molar-refractivity contribution in [2.75, 3.05) is 6.61 Å². The predicted octanol–water partition coefficient (Wildman–Crippen LogP) is -0.179. The van der Waals surface area contributed by atoms with E-state index in [0.717, 1.165) is 0 Å². The van der Waals surface area contributed by atoms with E-state index >= 15 is 0 Å². The molecule has 5 atom stereocenters. The third-order valence-electron chi connectivity index (χ3n) is 3.20. The van der Waals surface area contributed by atoms with Gasteiger partial charge < -0.3 is 19.3 Å². The van der Waals surface area contributed by atoms with Gasteiger partial charge in [0, 0.05) is 0 Å². The number of aromatic nitrogens is 4.